The van der Waals surface area contributed by atoms with Crippen molar-refractivity contribution in [3.8, 4) is 0 Å². The molecule has 2 atom stereocenters. The van der Waals surface area contributed by atoms with E-state index in [0.29, 0.717) is 11.8 Å². The molecule has 2 aliphatic carbocycles. The fourth-order valence-electron chi connectivity index (χ4n) is 4.25. The number of piperazine rings is 1. The molecule has 3 fully saturated rings. The maximum absolute atomic E-state index is 13.1. The summed E-state index contributed by atoms with van der Waals surface area (Å²) in [6, 6.07) is -0.0336. The second-order valence-electron chi connectivity index (χ2n) is 7.72. The van der Waals surface area contributed by atoms with Crippen LogP contribution in [0.15, 0.2) is 0 Å². The van der Waals surface area contributed by atoms with E-state index in [1.807, 2.05) is 11.8 Å². The van der Waals surface area contributed by atoms with Crippen molar-refractivity contribution in [2.45, 2.75) is 83.3 Å². The lowest BCUT2D eigenvalue weighted by Gasteiger charge is -2.50. The van der Waals surface area contributed by atoms with Crippen LogP contribution in [-0.4, -0.2) is 34.3 Å². The van der Waals surface area contributed by atoms with Crippen molar-refractivity contribution in [1.29, 1.82) is 0 Å². The minimum atomic E-state index is -0.598. The lowest BCUT2D eigenvalue weighted by Crippen LogP contribution is -2.72. The van der Waals surface area contributed by atoms with Crippen LogP contribution in [0, 0.1) is 11.8 Å². The van der Waals surface area contributed by atoms with Crippen molar-refractivity contribution in [3.63, 3.8) is 0 Å². The first-order valence-electron chi connectivity index (χ1n) is 8.58. The maximum atomic E-state index is 13.1. The molecule has 2 unspecified atom stereocenters. The average molecular weight is 292 g/mol. The van der Waals surface area contributed by atoms with Crippen molar-refractivity contribution in [1.82, 2.24) is 10.2 Å². The average Bonchev–Trinajstić information content (AvgIpc) is 3.14. The summed E-state index contributed by atoms with van der Waals surface area (Å²) in [7, 11) is 0. The monoisotopic (exact) mass is 292 g/mol. The van der Waals surface area contributed by atoms with E-state index in [2.05, 4.69) is 19.2 Å². The lowest BCUT2D eigenvalue weighted by atomic mass is 9.84. The summed E-state index contributed by atoms with van der Waals surface area (Å²) < 4.78 is 0. The Kier molecular flexibility index (Phi) is 3.74. The predicted molar refractivity (Wildman–Crippen MR) is 81.6 cm³/mol. The molecule has 3 aliphatic rings. The van der Waals surface area contributed by atoms with Crippen molar-refractivity contribution < 1.29 is 9.59 Å². The molecule has 21 heavy (non-hydrogen) atoms. The van der Waals surface area contributed by atoms with Crippen LogP contribution in [0.25, 0.3) is 0 Å². The largest absolute Gasteiger partial charge is 0.342 e. The van der Waals surface area contributed by atoms with Gasteiger partial charge in [-0.2, -0.15) is 0 Å². The Balaban J connectivity index is 1.90. The molecule has 0 spiro atoms. The minimum absolute atomic E-state index is 0.0853. The molecule has 0 radical (unpaired) electrons. The normalized spacial score (nSPS) is 34.7. The van der Waals surface area contributed by atoms with Crippen LogP contribution in [0.2, 0.25) is 0 Å². The number of amides is 2. The van der Waals surface area contributed by atoms with Crippen LogP contribution in [0.3, 0.4) is 0 Å². The quantitative estimate of drug-likeness (QED) is 0.865. The number of carbonyl (C=O) groups excluding carboxylic acids is 2. The first kappa shape index (κ1) is 14.9. The van der Waals surface area contributed by atoms with E-state index < -0.39 is 5.54 Å². The number of nitrogens with zero attached hydrogens (tertiary/aromatic N) is 1. The zero-order chi connectivity index (χ0) is 15.2. The molecule has 1 saturated heterocycles. The summed E-state index contributed by atoms with van der Waals surface area (Å²) in [5.74, 6) is 1.03. The minimum Gasteiger partial charge on any atom is -0.342 e. The van der Waals surface area contributed by atoms with Gasteiger partial charge in [0.1, 0.15) is 11.6 Å². The second-order valence-corrected chi connectivity index (χ2v) is 7.72. The highest BCUT2D eigenvalue weighted by Crippen LogP contribution is 2.47. The highest BCUT2D eigenvalue weighted by atomic mass is 16.2. The lowest BCUT2D eigenvalue weighted by molar-refractivity contribution is -0.162. The van der Waals surface area contributed by atoms with Gasteiger partial charge in [-0.3, -0.25) is 9.59 Å². The van der Waals surface area contributed by atoms with Gasteiger partial charge in [0.15, 0.2) is 0 Å². The molecule has 2 saturated carbocycles. The van der Waals surface area contributed by atoms with Crippen LogP contribution >= 0.6 is 0 Å². The molecule has 1 N–H and O–H groups in total. The molecule has 3 rings (SSSR count). The molecule has 1 aliphatic heterocycles. The zero-order valence-electron chi connectivity index (χ0n) is 13.5. The Morgan fingerprint density at radius 3 is 2.33 bits per heavy atom. The molecule has 0 aromatic carbocycles. The summed E-state index contributed by atoms with van der Waals surface area (Å²) in [5.41, 5.74) is -0.598. The van der Waals surface area contributed by atoms with Crippen molar-refractivity contribution in [2.75, 3.05) is 0 Å². The van der Waals surface area contributed by atoms with Gasteiger partial charge in [-0.05, 0) is 50.9 Å². The number of hydrogen-bond acceptors (Lipinski definition) is 2. The van der Waals surface area contributed by atoms with E-state index in [9.17, 15) is 9.59 Å². The fourth-order valence-corrected chi connectivity index (χ4v) is 4.25. The van der Waals surface area contributed by atoms with Gasteiger partial charge < -0.3 is 10.2 Å². The molecular formula is C17H28N2O2. The Hall–Kier alpha value is -1.06. The van der Waals surface area contributed by atoms with Crippen molar-refractivity contribution in [3.05, 3.63) is 0 Å². The second kappa shape index (κ2) is 5.29. The van der Waals surface area contributed by atoms with Crippen LogP contribution in [0.4, 0.5) is 0 Å². The molecule has 1 heterocycles. The topological polar surface area (TPSA) is 49.4 Å². The third-order valence-electron chi connectivity index (χ3n) is 5.57. The van der Waals surface area contributed by atoms with E-state index in [4.69, 9.17) is 0 Å². The van der Waals surface area contributed by atoms with Crippen LogP contribution in [0.1, 0.15) is 65.7 Å². The summed E-state index contributed by atoms with van der Waals surface area (Å²) >= 11 is 0. The van der Waals surface area contributed by atoms with Crippen LogP contribution < -0.4 is 5.32 Å². The number of carbonyl (C=O) groups is 2. The van der Waals surface area contributed by atoms with E-state index in [1.165, 1.54) is 12.8 Å². The van der Waals surface area contributed by atoms with E-state index in [1.54, 1.807) is 0 Å². The van der Waals surface area contributed by atoms with E-state index >= 15 is 0 Å². The molecule has 0 aromatic heterocycles. The first-order chi connectivity index (χ1) is 9.94. The van der Waals surface area contributed by atoms with Gasteiger partial charge in [0, 0.05) is 6.04 Å². The number of hydrogen-bond donors (Lipinski definition) is 1. The number of rotatable bonds is 4. The van der Waals surface area contributed by atoms with E-state index in [0.717, 1.165) is 32.1 Å². The Labute approximate surface area is 127 Å². The molecule has 4 nitrogen and oxygen atoms in total. The Bertz CT molecular complexity index is 438. The molecule has 2 amide bonds. The summed E-state index contributed by atoms with van der Waals surface area (Å²) in [6.45, 7) is 6.21. The third-order valence-corrected chi connectivity index (χ3v) is 5.57. The Morgan fingerprint density at radius 2 is 1.81 bits per heavy atom. The Morgan fingerprint density at radius 1 is 1.19 bits per heavy atom. The third kappa shape index (κ3) is 2.47. The van der Waals surface area contributed by atoms with Gasteiger partial charge in [-0.15, -0.1) is 0 Å². The molecule has 0 bridgehead atoms. The standard InChI is InChI=1S/C17H28N2O2/c1-11(2)10-14-15(20)19(13-6-4-5-7-13)17(3,12-8-9-12)16(21)18-14/h11-14H,4-10H2,1-3H3,(H,18,21). The van der Waals surface area contributed by atoms with Gasteiger partial charge in [0.05, 0.1) is 0 Å². The highest BCUT2D eigenvalue weighted by molar-refractivity contribution is 6.00. The van der Waals surface area contributed by atoms with Gasteiger partial charge in [-0.1, -0.05) is 26.7 Å². The first-order valence-corrected chi connectivity index (χ1v) is 8.58. The van der Waals surface area contributed by atoms with Crippen LogP contribution in [0.5, 0.6) is 0 Å². The summed E-state index contributed by atoms with van der Waals surface area (Å²) in [5, 5.41) is 3.03. The fraction of sp³-hybridized carbons (Fsp3) is 0.882. The summed E-state index contributed by atoms with van der Waals surface area (Å²) in [6.07, 6.45) is 7.40. The highest BCUT2D eigenvalue weighted by Gasteiger charge is 2.58. The zero-order valence-corrected chi connectivity index (χ0v) is 13.5. The van der Waals surface area contributed by atoms with Crippen molar-refractivity contribution in [2.24, 2.45) is 11.8 Å². The molecule has 4 heteroatoms. The van der Waals surface area contributed by atoms with Gasteiger partial charge in [0.25, 0.3) is 0 Å². The SMILES string of the molecule is CC(C)CC1NC(=O)C(C)(C2CC2)N(C2CCCC2)C1=O. The van der Waals surface area contributed by atoms with Crippen LogP contribution in [-0.2, 0) is 9.59 Å². The van der Waals surface area contributed by atoms with Gasteiger partial charge in [-0.25, -0.2) is 0 Å². The smallest absolute Gasteiger partial charge is 0.246 e. The predicted octanol–water partition coefficient (Wildman–Crippen LogP) is 2.47. The van der Waals surface area contributed by atoms with Gasteiger partial charge >= 0.3 is 0 Å². The summed E-state index contributed by atoms with van der Waals surface area (Å²) in [4.78, 5) is 27.9. The van der Waals surface area contributed by atoms with Gasteiger partial charge in [0.2, 0.25) is 11.8 Å². The maximum Gasteiger partial charge on any atom is 0.246 e. The van der Waals surface area contributed by atoms with Crippen molar-refractivity contribution >= 4 is 11.8 Å². The van der Waals surface area contributed by atoms with E-state index in [-0.39, 0.29) is 23.9 Å². The molecular weight excluding hydrogens is 264 g/mol. The molecule has 118 valence electrons. The molecule has 0 aromatic rings. The number of nitrogens with one attached hydrogen (secondary N) is 1.